The molecule has 2 rings (SSSR count). The van der Waals surface area contributed by atoms with Gasteiger partial charge in [0.05, 0.1) is 6.21 Å². The smallest absolute Gasteiger partial charge is 0.263 e. The third-order valence-electron chi connectivity index (χ3n) is 1.87. The Morgan fingerprint density at radius 1 is 1.33 bits per heavy atom. The average Bonchev–Trinajstić information content (AvgIpc) is 2.63. The van der Waals surface area contributed by atoms with E-state index in [1.807, 2.05) is 31.2 Å². The Balaban J connectivity index is 2.19. The molecule has 0 radical (unpaired) electrons. The van der Waals surface area contributed by atoms with Crippen LogP contribution < -0.4 is 5.73 Å². The number of tetrazole rings is 1. The molecule has 2 aromatic rings. The second-order valence-corrected chi connectivity index (χ2v) is 3.08. The number of hydrogen-bond acceptors (Lipinski definition) is 5. The molecular weight excluding hydrogens is 192 g/mol. The summed E-state index contributed by atoms with van der Waals surface area (Å²) >= 11 is 0. The minimum atomic E-state index is 0.165. The summed E-state index contributed by atoms with van der Waals surface area (Å²) in [6, 6.07) is 7.92. The Kier molecular flexibility index (Phi) is 2.40. The molecule has 6 heteroatoms. The lowest BCUT2D eigenvalue weighted by Crippen LogP contribution is -1.99. The first kappa shape index (κ1) is 9.32. The molecule has 0 atom stereocenters. The van der Waals surface area contributed by atoms with Gasteiger partial charge in [-0.15, -0.1) is 0 Å². The number of nitrogens with two attached hydrogens (primary N) is 1. The second kappa shape index (κ2) is 3.87. The summed E-state index contributed by atoms with van der Waals surface area (Å²) in [5.41, 5.74) is 7.61. The molecule has 6 nitrogen and oxygen atoms in total. The molecule has 0 saturated carbocycles. The van der Waals surface area contributed by atoms with Gasteiger partial charge in [0.1, 0.15) is 0 Å². The van der Waals surface area contributed by atoms with Crippen molar-refractivity contribution in [1.29, 1.82) is 0 Å². The van der Waals surface area contributed by atoms with E-state index < -0.39 is 0 Å². The number of rotatable bonds is 2. The van der Waals surface area contributed by atoms with Crippen molar-refractivity contribution in [3.8, 4) is 0 Å². The topological polar surface area (TPSA) is 82.0 Å². The van der Waals surface area contributed by atoms with Gasteiger partial charge in [-0.05, 0) is 22.9 Å². The summed E-state index contributed by atoms with van der Waals surface area (Å²) in [5, 5.41) is 14.5. The van der Waals surface area contributed by atoms with E-state index in [1.54, 1.807) is 6.21 Å². The van der Waals surface area contributed by atoms with Crippen molar-refractivity contribution >= 4 is 12.2 Å². The van der Waals surface area contributed by atoms with Crippen LogP contribution in [0.15, 0.2) is 29.4 Å². The lowest BCUT2D eigenvalue weighted by molar-refractivity contribution is 0.699. The zero-order valence-corrected chi connectivity index (χ0v) is 8.20. The molecule has 0 aliphatic carbocycles. The lowest BCUT2D eigenvalue weighted by Gasteiger charge is -1.94. The van der Waals surface area contributed by atoms with Gasteiger partial charge in [0.2, 0.25) is 0 Å². The van der Waals surface area contributed by atoms with Crippen LogP contribution in [0.1, 0.15) is 11.1 Å². The van der Waals surface area contributed by atoms with Gasteiger partial charge in [-0.3, -0.25) is 0 Å². The Bertz CT molecular complexity index is 470. The van der Waals surface area contributed by atoms with Gasteiger partial charge in [-0.25, -0.2) is 0 Å². The van der Waals surface area contributed by atoms with Gasteiger partial charge in [-0.1, -0.05) is 39.7 Å². The summed E-state index contributed by atoms with van der Waals surface area (Å²) in [4.78, 5) is 1.17. The van der Waals surface area contributed by atoms with Gasteiger partial charge >= 0.3 is 0 Å². The van der Waals surface area contributed by atoms with Crippen LogP contribution in [0, 0.1) is 6.92 Å². The Hall–Kier alpha value is -2.24. The highest BCUT2D eigenvalue weighted by Crippen LogP contribution is 2.00. The van der Waals surface area contributed by atoms with Gasteiger partial charge in [0.25, 0.3) is 5.95 Å². The standard InChI is InChI=1S/C9H10N6/c1-7-2-4-8(5-3-7)6-11-15-9(10)12-13-14-15/h2-6H,1H3,(H2,10,12,14)/b11-6-. The van der Waals surface area contributed by atoms with Crippen molar-refractivity contribution in [2.24, 2.45) is 5.10 Å². The third-order valence-corrected chi connectivity index (χ3v) is 1.87. The van der Waals surface area contributed by atoms with Gasteiger partial charge < -0.3 is 5.73 Å². The quantitative estimate of drug-likeness (QED) is 0.716. The van der Waals surface area contributed by atoms with Crippen molar-refractivity contribution in [1.82, 2.24) is 20.3 Å². The summed E-state index contributed by atoms with van der Waals surface area (Å²) in [6.07, 6.45) is 1.64. The van der Waals surface area contributed by atoms with Crippen LogP contribution in [0.5, 0.6) is 0 Å². The van der Waals surface area contributed by atoms with Crippen LogP contribution in [-0.4, -0.2) is 26.5 Å². The van der Waals surface area contributed by atoms with Crippen LogP contribution in [0.25, 0.3) is 0 Å². The highest BCUT2D eigenvalue weighted by atomic mass is 15.7. The van der Waals surface area contributed by atoms with Crippen LogP contribution in [0.3, 0.4) is 0 Å². The number of nitrogen functional groups attached to an aromatic ring is 1. The monoisotopic (exact) mass is 202 g/mol. The normalized spacial score (nSPS) is 11.0. The molecule has 2 N–H and O–H groups in total. The molecule has 1 aromatic heterocycles. The molecule has 0 bridgehead atoms. The van der Waals surface area contributed by atoms with E-state index in [-0.39, 0.29) is 5.95 Å². The zero-order valence-electron chi connectivity index (χ0n) is 8.20. The molecule has 0 aliphatic rings. The maximum absolute atomic E-state index is 5.44. The van der Waals surface area contributed by atoms with Crippen molar-refractivity contribution in [3.05, 3.63) is 35.4 Å². The third kappa shape index (κ3) is 2.16. The minimum Gasteiger partial charge on any atom is -0.365 e. The number of benzene rings is 1. The van der Waals surface area contributed by atoms with Crippen molar-refractivity contribution in [2.45, 2.75) is 6.92 Å². The predicted molar refractivity (Wildman–Crippen MR) is 56.4 cm³/mol. The van der Waals surface area contributed by atoms with Crippen molar-refractivity contribution in [3.63, 3.8) is 0 Å². The van der Waals surface area contributed by atoms with Gasteiger partial charge in [0, 0.05) is 0 Å². The molecular formula is C9H10N6. The maximum atomic E-state index is 5.44. The Morgan fingerprint density at radius 3 is 2.67 bits per heavy atom. The average molecular weight is 202 g/mol. The zero-order chi connectivity index (χ0) is 10.7. The number of anilines is 1. The highest BCUT2D eigenvalue weighted by Gasteiger charge is 1.96. The first-order valence-electron chi connectivity index (χ1n) is 4.40. The minimum absolute atomic E-state index is 0.165. The second-order valence-electron chi connectivity index (χ2n) is 3.08. The summed E-state index contributed by atoms with van der Waals surface area (Å²) in [7, 11) is 0. The summed E-state index contributed by atoms with van der Waals surface area (Å²) in [5.74, 6) is 0.165. The van der Waals surface area contributed by atoms with E-state index in [4.69, 9.17) is 5.73 Å². The van der Waals surface area contributed by atoms with E-state index in [2.05, 4.69) is 20.6 Å². The van der Waals surface area contributed by atoms with E-state index in [9.17, 15) is 0 Å². The first-order chi connectivity index (χ1) is 7.25. The van der Waals surface area contributed by atoms with E-state index >= 15 is 0 Å². The summed E-state index contributed by atoms with van der Waals surface area (Å²) < 4.78 is 0. The van der Waals surface area contributed by atoms with Crippen LogP contribution in [-0.2, 0) is 0 Å². The Labute approximate surface area is 86.4 Å². The van der Waals surface area contributed by atoms with Crippen LogP contribution in [0.4, 0.5) is 5.95 Å². The van der Waals surface area contributed by atoms with E-state index in [1.165, 1.54) is 10.4 Å². The van der Waals surface area contributed by atoms with Gasteiger partial charge in [0.15, 0.2) is 0 Å². The molecule has 0 aliphatic heterocycles. The molecule has 1 aromatic carbocycles. The number of hydrogen-bond donors (Lipinski definition) is 1. The van der Waals surface area contributed by atoms with Crippen molar-refractivity contribution in [2.75, 3.05) is 5.73 Å². The maximum Gasteiger partial charge on any atom is 0.263 e. The molecule has 1 heterocycles. The number of aryl methyl sites for hydroxylation is 1. The SMILES string of the molecule is Cc1ccc(/C=N\n2nnnc2N)cc1. The molecule has 0 amide bonds. The predicted octanol–water partition coefficient (Wildman–Crippen LogP) is 0.446. The van der Waals surface area contributed by atoms with E-state index in [0.717, 1.165) is 5.56 Å². The molecule has 15 heavy (non-hydrogen) atoms. The molecule has 76 valence electrons. The Morgan fingerprint density at radius 2 is 2.07 bits per heavy atom. The van der Waals surface area contributed by atoms with E-state index in [0.29, 0.717) is 0 Å². The molecule has 0 saturated heterocycles. The first-order valence-corrected chi connectivity index (χ1v) is 4.40. The van der Waals surface area contributed by atoms with Crippen molar-refractivity contribution < 1.29 is 0 Å². The van der Waals surface area contributed by atoms with Crippen LogP contribution >= 0.6 is 0 Å². The molecule has 0 unspecified atom stereocenters. The number of nitrogens with zero attached hydrogens (tertiary/aromatic N) is 5. The molecule has 0 fully saturated rings. The molecule has 0 spiro atoms. The lowest BCUT2D eigenvalue weighted by atomic mass is 10.2. The summed E-state index contributed by atoms with van der Waals surface area (Å²) in [6.45, 7) is 2.03. The fourth-order valence-electron chi connectivity index (χ4n) is 1.05. The largest absolute Gasteiger partial charge is 0.365 e. The fourth-order valence-corrected chi connectivity index (χ4v) is 1.05. The fraction of sp³-hybridized carbons (Fsp3) is 0.111. The highest BCUT2D eigenvalue weighted by molar-refractivity contribution is 5.79. The number of aromatic nitrogens is 4. The van der Waals surface area contributed by atoms with Crippen LogP contribution in [0.2, 0.25) is 0 Å². The van der Waals surface area contributed by atoms with Gasteiger partial charge in [-0.2, -0.15) is 5.10 Å².